The molecule has 0 aliphatic heterocycles. The number of aliphatic hydroxyl groups is 2. The number of carbonyl (C=O) groups is 3. The van der Waals surface area contributed by atoms with Crippen LogP contribution in [0.4, 0.5) is 0 Å². The monoisotopic (exact) mass is 267 g/mol. The van der Waals surface area contributed by atoms with Crippen LogP contribution >= 0.6 is 0 Å². The third-order valence-corrected chi connectivity index (χ3v) is 1.40. The summed E-state index contributed by atoms with van der Waals surface area (Å²) < 4.78 is 0.481. The second kappa shape index (κ2) is 7.58. The largest absolute Gasteiger partial charge is 0.547 e. The maximum Gasteiger partial charge on any atom is 0.359 e. The number of nitrogens with zero attached hydrogens (tertiary/aromatic N) is 1. The van der Waals surface area contributed by atoms with E-state index in [0.29, 0.717) is 4.48 Å². The Bertz CT molecular complexity index is 290. The van der Waals surface area contributed by atoms with Crippen LogP contribution in [-0.4, -0.2) is 82.7 Å². The molecule has 0 unspecified atom stereocenters. The van der Waals surface area contributed by atoms with E-state index < -0.39 is 30.1 Å². The zero-order valence-corrected chi connectivity index (χ0v) is 10.2. The lowest BCUT2D eigenvalue weighted by molar-refractivity contribution is -0.862. The fraction of sp³-hybridized carbons (Fsp3) is 0.667. The summed E-state index contributed by atoms with van der Waals surface area (Å²) in [5.74, 6) is -4.58. The fourth-order valence-corrected chi connectivity index (χ4v) is 0.670. The summed E-state index contributed by atoms with van der Waals surface area (Å²) in [5, 5.41) is 42.4. The first-order valence-electron chi connectivity index (χ1n) is 4.70. The predicted octanol–water partition coefficient (Wildman–Crippen LogP) is -3.68. The molecular formula is C9H17NO8. The van der Waals surface area contributed by atoms with E-state index in [0.717, 1.165) is 0 Å². The molecule has 0 rings (SSSR count). The van der Waals surface area contributed by atoms with Crippen LogP contribution < -0.4 is 5.11 Å². The summed E-state index contributed by atoms with van der Waals surface area (Å²) in [6.45, 7) is 0.181. The number of rotatable bonds is 5. The van der Waals surface area contributed by atoms with Crippen LogP contribution in [0.3, 0.4) is 0 Å². The molecule has 0 amide bonds. The van der Waals surface area contributed by atoms with Gasteiger partial charge in [-0.1, -0.05) is 0 Å². The van der Waals surface area contributed by atoms with Gasteiger partial charge in [-0.05, 0) is 0 Å². The summed E-state index contributed by atoms with van der Waals surface area (Å²) in [4.78, 5) is 29.4. The van der Waals surface area contributed by atoms with Crippen molar-refractivity contribution in [1.82, 2.24) is 0 Å². The SMILES string of the molecule is C[N+](C)(C)CC(=O)O.O=C([O-])[C@H](O)[C@@H](O)C(=O)O. The first kappa shape index (κ1) is 18.6. The Kier molecular flexibility index (Phi) is 7.86. The number of hydrogen-bond donors (Lipinski definition) is 4. The molecule has 0 aliphatic rings. The van der Waals surface area contributed by atoms with E-state index in [1.165, 1.54) is 0 Å². The summed E-state index contributed by atoms with van der Waals surface area (Å²) in [7, 11) is 5.52. The Balaban J connectivity index is 0. The number of aliphatic hydroxyl groups excluding tert-OH is 2. The van der Waals surface area contributed by atoms with Gasteiger partial charge >= 0.3 is 11.9 Å². The van der Waals surface area contributed by atoms with Crippen molar-refractivity contribution in [2.75, 3.05) is 27.7 Å². The van der Waals surface area contributed by atoms with E-state index in [2.05, 4.69) is 0 Å². The molecule has 0 radical (unpaired) electrons. The Labute approximate surface area is 103 Å². The first-order valence-corrected chi connectivity index (χ1v) is 4.70. The van der Waals surface area contributed by atoms with Crippen LogP contribution in [0.15, 0.2) is 0 Å². The third-order valence-electron chi connectivity index (χ3n) is 1.40. The molecule has 106 valence electrons. The molecule has 4 N–H and O–H groups in total. The maximum atomic E-state index is 10.00. The van der Waals surface area contributed by atoms with E-state index >= 15 is 0 Å². The zero-order valence-electron chi connectivity index (χ0n) is 10.2. The van der Waals surface area contributed by atoms with Crippen LogP contribution in [0.2, 0.25) is 0 Å². The minimum atomic E-state index is -2.38. The lowest BCUT2D eigenvalue weighted by Gasteiger charge is -2.20. The smallest absolute Gasteiger partial charge is 0.359 e. The van der Waals surface area contributed by atoms with E-state index in [1.54, 1.807) is 0 Å². The molecule has 0 fully saturated rings. The van der Waals surface area contributed by atoms with Crippen molar-refractivity contribution in [3.05, 3.63) is 0 Å². The van der Waals surface area contributed by atoms with E-state index in [4.69, 9.17) is 20.4 Å². The number of quaternary nitrogens is 1. The van der Waals surface area contributed by atoms with Crippen molar-refractivity contribution in [3.63, 3.8) is 0 Å². The van der Waals surface area contributed by atoms with Crippen molar-refractivity contribution in [2.45, 2.75) is 12.2 Å². The number of hydrogen-bond acceptors (Lipinski definition) is 6. The molecule has 0 heterocycles. The van der Waals surface area contributed by atoms with Crippen LogP contribution in [0.1, 0.15) is 0 Å². The van der Waals surface area contributed by atoms with Crippen molar-refractivity contribution in [3.8, 4) is 0 Å². The highest BCUT2D eigenvalue weighted by molar-refractivity contribution is 5.82. The Morgan fingerprint density at radius 1 is 1.06 bits per heavy atom. The van der Waals surface area contributed by atoms with E-state index in [-0.39, 0.29) is 6.54 Å². The standard InChI is InChI=1S/C5H11NO2.C4H6O6/c1-6(2,3)4-5(7)8;5-1(3(7)8)2(6)4(9)10/h4H2,1-3H3;1-2,5-6H,(H,7,8)(H,9,10)/t;1-,2-/m.1/s1. The molecule has 0 aromatic heterocycles. The number of carbonyl (C=O) groups excluding carboxylic acids is 1. The summed E-state index contributed by atoms with van der Waals surface area (Å²) in [5.41, 5.74) is 0. The Hall–Kier alpha value is -1.71. The average molecular weight is 267 g/mol. The van der Waals surface area contributed by atoms with Gasteiger partial charge < -0.3 is 34.8 Å². The summed E-state index contributed by atoms with van der Waals surface area (Å²) >= 11 is 0. The second-order valence-electron chi connectivity index (χ2n) is 4.39. The van der Waals surface area contributed by atoms with Crippen molar-refractivity contribution >= 4 is 17.9 Å². The molecule has 0 aromatic rings. The topological polar surface area (TPSA) is 155 Å². The van der Waals surface area contributed by atoms with Gasteiger partial charge in [0, 0.05) is 0 Å². The van der Waals surface area contributed by atoms with Crippen LogP contribution in [-0.2, 0) is 14.4 Å². The van der Waals surface area contributed by atoms with Gasteiger partial charge in [0.2, 0.25) is 0 Å². The molecule has 0 spiro atoms. The number of likely N-dealkylation sites (N-methyl/N-ethyl adjacent to an activating group) is 1. The lowest BCUT2D eigenvalue weighted by Crippen LogP contribution is -2.46. The highest BCUT2D eigenvalue weighted by Gasteiger charge is 2.23. The Morgan fingerprint density at radius 2 is 1.44 bits per heavy atom. The van der Waals surface area contributed by atoms with Crippen molar-refractivity contribution < 1.29 is 44.4 Å². The highest BCUT2D eigenvalue weighted by atomic mass is 16.4. The minimum Gasteiger partial charge on any atom is -0.547 e. The van der Waals surface area contributed by atoms with Gasteiger partial charge in [-0.25, -0.2) is 9.59 Å². The van der Waals surface area contributed by atoms with Gasteiger partial charge in [-0.3, -0.25) is 0 Å². The molecule has 9 heteroatoms. The summed E-state index contributed by atoms with van der Waals surface area (Å²) in [6, 6.07) is 0. The molecule has 0 saturated carbocycles. The molecule has 0 aromatic carbocycles. The molecule has 18 heavy (non-hydrogen) atoms. The molecule has 0 bridgehead atoms. The first-order chi connectivity index (χ1) is 7.88. The highest BCUT2D eigenvalue weighted by Crippen LogP contribution is 1.90. The zero-order chi connectivity index (χ0) is 15.1. The van der Waals surface area contributed by atoms with Gasteiger partial charge in [-0.15, -0.1) is 0 Å². The fourth-order valence-electron chi connectivity index (χ4n) is 0.670. The van der Waals surface area contributed by atoms with Crippen LogP contribution in [0, 0.1) is 0 Å². The molecule has 9 nitrogen and oxygen atoms in total. The molecule has 0 aliphatic carbocycles. The van der Waals surface area contributed by atoms with Gasteiger partial charge in [0.1, 0.15) is 6.10 Å². The van der Waals surface area contributed by atoms with Gasteiger partial charge in [0.05, 0.1) is 27.1 Å². The molecular weight excluding hydrogens is 250 g/mol. The molecule has 2 atom stereocenters. The quantitative estimate of drug-likeness (QED) is 0.371. The third kappa shape index (κ3) is 10.8. The van der Waals surface area contributed by atoms with Crippen LogP contribution in [0.5, 0.6) is 0 Å². The van der Waals surface area contributed by atoms with E-state index in [9.17, 15) is 19.5 Å². The number of aliphatic carboxylic acids is 3. The second-order valence-corrected chi connectivity index (χ2v) is 4.39. The molecule has 0 saturated heterocycles. The van der Waals surface area contributed by atoms with Gasteiger partial charge in [0.25, 0.3) is 0 Å². The van der Waals surface area contributed by atoms with Crippen molar-refractivity contribution in [2.24, 2.45) is 0 Å². The minimum absolute atomic E-state index is 0.181. The number of carboxylic acid groups (broad SMARTS) is 3. The normalized spacial score (nSPS) is 13.8. The van der Waals surface area contributed by atoms with Crippen molar-refractivity contribution in [1.29, 1.82) is 0 Å². The van der Waals surface area contributed by atoms with Crippen LogP contribution in [0.25, 0.3) is 0 Å². The maximum absolute atomic E-state index is 10.00. The van der Waals surface area contributed by atoms with E-state index in [1.807, 2.05) is 21.1 Å². The average Bonchev–Trinajstić information content (AvgIpc) is 2.11. The number of carboxylic acids is 3. The predicted molar refractivity (Wildman–Crippen MR) is 55.2 cm³/mol. The summed E-state index contributed by atoms with van der Waals surface area (Å²) in [6.07, 6.45) is -4.71. The van der Waals surface area contributed by atoms with Gasteiger partial charge in [-0.2, -0.15) is 0 Å². The van der Waals surface area contributed by atoms with Gasteiger partial charge in [0.15, 0.2) is 12.6 Å². The lowest BCUT2D eigenvalue weighted by atomic mass is 10.2. The Morgan fingerprint density at radius 3 is 1.50 bits per heavy atom.